The fourth-order valence-corrected chi connectivity index (χ4v) is 3.39. The molecule has 1 amide bonds. The summed E-state index contributed by atoms with van der Waals surface area (Å²) in [4.78, 5) is 21.4. The van der Waals surface area contributed by atoms with Crippen molar-refractivity contribution in [2.45, 2.75) is 25.2 Å². The fraction of sp³-hybridized carbons (Fsp3) is 0.292. The van der Waals surface area contributed by atoms with Crippen LogP contribution < -0.4 is 10.1 Å². The smallest absolute Gasteiger partial charge is 0.490 e. The van der Waals surface area contributed by atoms with Crippen molar-refractivity contribution in [3.8, 4) is 5.75 Å². The van der Waals surface area contributed by atoms with Crippen LogP contribution in [0, 0.1) is 0 Å². The third kappa shape index (κ3) is 7.31. The number of hydrogen-bond acceptors (Lipinski definition) is 5. The summed E-state index contributed by atoms with van der Waals surface area (Å²) in [6, 6.07) is 17.3. The number of rotatable bonds is 6. The van der Waals surface area contributed by atoms with E-state index in [-0.39, 0.29) is 12.0 Å². The number of halogens is 3. The number of ether oxygens (including phenoxy) is 2. The summed E-state index contributed by atoms with van der Waals surface area (Å²) < 4.78 is 44.8. The molecule has 2 aromatic carbocycles. The molecular formula is C24H24F3N3O5. The molecule has 1 aliphatic rings. The molecule has 3 aromatic rings. The Hall–Kier alpha value is -3.86. The number of fused-ring (bicyclic) bond motifs is 1. The van der Waals surface area contributed by atoms with Crippen molar-refractivity contribution in [3.05, 3.63) is 83.2 Å². The van der Waals surface area contributed by atoms with Crippen LogP contribution in [-0.2, 0) is 22.5 Å². The Morgan fingerprint density at radius 2 is 1.91 bits per heavy atom. The third-order valence-electron chi connectivity index (χ3n) is 5.08. The van der Waals surface area contributed by atoms with Crippen molar-refractivity contribution >= 4 is 11.9 Å². The van der Waals surface area contributed by atoms with Crippen LogP contribution in [0.5, 0.6) is 5.75 Å². The van der Waals surface area contributed by atoms with Crippen LogP contribution in [0.3, 0.4) is 0 Å². The van der Waals surface area contributed by atoms with E-state index in [0.717, 1.165) is 18.7 Å². The van der Waals surface area contributed by atoms with E-state index in [4.69, 9.17) is 24.5 Å². The summed E-state index contributed by atoms with van der Waals surface area (Å²) in [5.41, 5.74) is 3.85. The lowest BCUT2D eigenvalue weighted by molar-refractivity contribution is -0.192. The first-order chi connectivity index (χ1) is 16.7. The lowest BCUT2D eigenvalue weighted by atomic mass is 10.1. The summed E-state index contributed by atoms with van der Waals surface area (Å²) in [6.45, 7) is 1.73. The monoisotopic (exact) mass is 491 g/mol. The lowest BCUT2D eigenvalue weighted by Crippen LogP contribution is -2.31. The molecular weight excluding hydrogens is 467 g/mol. The maximum absolute atomic E-state index is 12.5. The van der Waals surface area contributed by atoms with Crippen molar-refractivity contribution in [2.24, 2.45) is 0 Å². The quantitative estimate of drug-likeness (QED) is 0.546. The van der Waals surface area contributed by atoms with Gasteiger partial charge in [-0.25, -0.2) is 4.79 Å². The molecule has 2 N–H and O–H groups in total. The molecule has 2 heterocycles. The highest BCUT2D eigenvalue weighted by Gasteiger charge is 2.38. The van der Waals surface area contributed by atoms with Crippen molar-refractivity contribution in [3.63, 3.8) is 0 Å². The van der Waals surface area contributed by atoms with E-state index >= 15 is 0 Å². The number of nitrogens with zero attached hydrogens (tertiary/aromatic N) is 2. The molecule has 0 saturated carbocycles. The average Bonchev–Trinajstić information content (AvgIpc) is 3.26. The standard InChI is InChI=1S/C22H23N3O3.C2HF3O2/c1-27-19-9-5-8-17(12-19)22(26)23-13-20-21-18(10-11-28-20)15-25(24-21)14-16-6-3-2-4-7-16;3-2(4,5)1(6)7/h2-9,12,15,20H,10-11,13-14H2,1H3,(H,23,26);(H,6,7). The lowest BCUT2D eigenvalue weighted by Gasteiger charge is -2.22. The predicted octanol–water partition coefficient (Wildman–Crippen LogP) is 3.62. The number of carbonyl (C=O) groups is 2. The second-order valence-corrected chi connectivity index (χ2v) is 7.58. The van der Waals surface area contributed by atoms with Crippen LogP contribution in [-0.4, -0.2) is 53.2 Å². The van der Waals surface area contributed by atoms with Crippen LogP contribution in [0.1, 0.15) is 33.3 Å². The first-order valence-electron chi connectivity index (χ1n) is 10.6. The Morgan fingerprint density at radius 1 is 1.20 bits per heavy atom. The van der Waals surface area contributed by atoms with Gasteiger partial charge in [0.1, 0.15) is 11.9 Å². The summed E-state index contributed by atoms with van der Waals surface area (Å²) in [5, 5.41) is 14.8. The van der Waals surface area contributed by atoms with Gasteiger partial charge in [0.2, 0.25) is 0 Å². The number of amides is 1. The van der Waals surface area contributed by atoms with E-state index in [1.54, 1.807) is 25.3 Å². The second kappa shape index (κ2) is 11.5. The highest BCUT2D eigenvalue weighted by molar-refractivity contribution is 5.94. The van der Waals surface area contributed by atoms with E-state index in [0.29, 0.717) is 24.5 Å². The molecule has 1 unspecified atom stereocenters. The summed E-state index contributed by atoms with van der Waals surface area (Å²) in [7, 11) is 1.58. The van der Waals surface area contributed by atoms with Crippen LogP contribution in [0.4, 0.5) is 13.2 Å². The van der Waals surface area contributed by atoms with Gasteiger partial charge in [-0.3, -0.25) is 9.48 Å². The van der Waals surface area contributed by atoms with E-state index in [2.05, 4.69) is 23.6 Å². The summed E-state index contributed by atoms with van der Waals surface area (Å²) in [5.74, 6) is -2.26. The zero-order valence-corrected chi connectivity index (χ0v) is 18.8. The van der Waals surface area contributed by atoms with Crippen LogP contribution in [0.15, 0.2) is 60.8 Å². The Kier molecular flexibility index (Phi) is 8.48. The van der Waals surface area contributed by atoms with Gasteiger partial charge < -0.3 is 19.9 Å². The molecule has 0 fully saturated rings. The van der Waals surface area contributed by atoms with Gasteiger partial charge in [-0.15, -0.1) is 0 Å². The fourth-order valence-electron chi connectivity index (χ4n) is 3.39. The number of alkyl halides is 3. The maximum Gasteiger partial charge on any atom is 0.490 e. The number of benzene rings is 2. The second-order valence-electron chi connectivity index (χ2n) is 7.58. The van der Waals surface area contributed by atoms with Gasteiger partial charge in [0, 0.05) is 18.3 Å². The highest BCUT2D eigenvalue weighted by atomic mass is 19.4. The Morgan fingerprint density at radius 3 is 2.57 bits per heavy atom. The number of aromatic nitrogens is 2. The zero-order chi connectivity index (χ0) is 25.4. The van der Waals surface area contributed by atoms with Gasteiger partial charge in [-0.05, 0) is 35.7 Å². The van der Waals surface area contributed by atoms with Crippen LogP contribution >= 0.6 is 0 Å². The number of nitrogens with one attached hydrogen (secondary N) is 1. The first kappa shape index (κ1) is 25.8. The average molecular weight is 491 g/mol. The topological polar surface area (TPSA) is 103 Å². The van der Waals surface area contributed by atoms with Crippen LogP contribution in [0.25, 0.3) is 0 Å². The minimum Gasteiger partial charge on any atom is -0.497 e. The highest BCUT2D eigenvalue weighted by Crippen LogP contribution is 2.25. The van der Waals surface area contributed by atoms with E-state index in [9.17, 15) is 18.0 Å². The minimum atomic E-state index is -5.08. The normalized spacial score (nSPS) is 14.8. The van der Waals surface area contributed by atoms with E-state index in [1.165, 1.54) is 11.1 Å². The molecule has 35 heavy (non-hydrogen) atoms. The largest absolute Gasteiger partial charge is 0.497 e. The molecule has 11 heteroatoms. The molecule has 0 spiro atoms. The number of aliphatic carboxylic acids is 1. The summed E-state index contributed by atoms with van der Waals surface area (Å²) in [6.07, 6.45) is -2.40. The number of hydrogen-bond donors (Lipinski definition) is 2. The van der Waals surface area contributed by atoms with Crippen molar-refractivity contribution in [2.75, 3.05) is 20.3 Å². The molecule has 1 aliphatic heterocycles. The van der Waals surface area contributed by atoms with Gasteiger partial charge >= 0.3 is 12.1 Å². The number of carboxylic acids is 1. The molecule has 186 valence electrons. The summed E-state index contributed by atoms with van der Waals surface area (Å²) >= 11 is 0. The predicted molar refractivity (Wildman–Crippen MR) is 119 cm³/mol. The van der Waals surface area contributed by atoms with E-state index in [1.807, 2.05) is 28.9 Å². The van der Waals surface area contributed by atoms with Gasteiger partial charge in [0.25, 0.3) is 5.91 Å². The van der Waals surface area contributed by atoms with Crippen molar-refractivity contribution < 1.29 is 37.3 Å². The molecule has 1 aromatic heterocycles. The zero-order valence-electron chi connectivity index (χ0n) is 18.8. The SMILES string of the molecule is COc1cccc(C(=O)NCC2OCCc3cn(Cc4ccccc4)nc32)c1.O=C(O)C(F)(F)F. The van der Waals surface area contributed by atoms with Crippen molar-refractivity contribution in [1.29, 1.82) is 0 Å². The van der Waals surface area contributed by atoms with Crippen LogP contribution in [0.2, 0.25) is 0 Å². The molecule has 0 saturated heterocycles. The molecule has 1 atom stereocenters. The number of carboxylic acid groups (broad SMARTS) is 1. The van der Waals surface area contributed by atoms with Gasteiger partial charge in [-0.1, -0.05) is 36.4 Å². The Balaban J connectivity index is 0.000000429. The van der Waals surface area contributed by atoms with Gasteiger partial charge in [0.15, 0.2) is 0 Å². The first-order valence-corrected chi connectivity index (χ1v) is 10.6. The molecule has 4 rings (SSSR count). The van der Waals surface area contributed by atoms with Gasteiger partial charge in [0.05, 0.1) is 26.0 Å². The number of carbonyl (C=O) groups excluding carboxylic acids is 1. The minimum absolute atomic E-state index is 0.154. The maximum atomic E-state index is 12.5. The van der Waals surface area contributed by atoms with Crippen molar-refractivity contribution in [1.82, 2.24) is 15.1 Å². The molecule has 0 bridgehead atoms. The Bertz CT molecular complexity index is 1150. The molecule has 8 nitrogen and oxygen atoms in total. The van der Waals surface area contributed by atoms with E-state index < -0.39 is 12.1 Å². The molecule has 0 aliphatic carbocycles. The number of methoxy groups -OCH3 is 1. The third-order valence-corrected chi connectivity index (χ3v) is 5.08. The van der Waals surface area contributed by atoms with Gasteiger partial charge in [-0.2, -0.15) is 18.3 Å². The Labute approximate surface area is 199 Å². The molecule has 0 radical (unpaired) electrons.